The highest BCUT2D eigenvalue weighted by atomic mass is 14.3. The minimum atomic E-state index is 0.719. The molecule has 0 radical (unpaired) electrons. The molecule has 0 unspecified atom stereocenters. The number of hydrogen-bond donors (Lipinski definition) is 0. The van der Waals surface area contributed by atoms with Crippen LogP contribution < -0.4 is 0 Å². The van der Waals surface area contributed by atoms with E-state index >= 15 is 0 Å². The Balaban J connectivity index is 0.000000171. The van der Waals surface area contributed by atoms with Gasteiger partial charge in [-0.15, -0.1) is 0 Å². The Labute approximate surface area is 474 Å². The van der Waals surface area contributed by atoms with E-state index in [1.165, 1.54) is 213 Å². The SMILES string of the molecule is CC1CCC(c2ccc(C#N)cc2)CC1.CCCC1CCC(c2ccc(C#N)cc2)CC1.CCCCCC1CCC(c2ccc(-c3ccc(C#N)cc3)cc2)CC1.CCCCCCCC1CCC(c2ccc(C#N)cc2)CC1. The normalized spacial score (nSPS) is 22.6. The molecular formula is C74H96N4. The maximum Gasteiger partial charge on any atom is 0.0991 e. The van der Waals surface area contributed by atoms with Crippen molar-refractivity contribution in [3.05, 3.63) is 166 Å². The molecule has 4 nitrogen and oxygen atoms in total. The molecule has 0 spiro atoms. The quantitative estimate of drug-likeness (QED) is 0.0867. The molecule has 9 rings (SSSR count). The summed E-state index contributed by atoms with van der Waals surface area (Å²) in [6, 6.07) is 50.3. The summed E-state index contributed by atoms with van der Waals surface area (Å²) < 4.78 is 0. The van der Waals surface area contributed by atoms with Crippen molar-refractivity contribution in [2.24, 2.45) is 23.7 Å². The van der Waals surface area contributed by atoms with Crippen molar-refractivity contribution >= 4 is 0 Å². The van der Waals surface area contributed by atoms with Crippen LogP contribution in [0, 0.1) is 69.0 Å². The fourth-order valence-electron chi connectivity index (χ4n) is 13.2. The van der Waals surface area contributed by atoms with E-state index in [0.29, 0.717) is 0 Å². The summed E-state index contributed by atoms with van der Waals surface area (Å²) in [6.07, 6.45) is 38.6. The first-order valence-corrected chi connectivity index (χ1v) is 31.4. The monoisotopic (exact) mass is 1040 g/mol. The molecule has 0 atom stereocenters. The third-order valence-corrected chi connectivity index (χ3v) is 18.4. The summed E-state index contributed by atoms with van der Waals surface area (Å²) in [5.74, 6) is 6.76. The van der Waals surface area contributed by atoms with Gasteiger partial charge in [-0.05, 0) is 219 Å². The standard InChI is InChI=1S/C24H29N.C20H29N.C16H21N.C14H17N/c1-2-3-4-5-19-6-10-21(11-7-19)23-14-16-24(17-15-23)22-12-8-20(18-25)9-13-22;1-2-3-4-5-6-7-17-8-12-19(13-9-17)20-14-10-18(16-21)11-15-20;1-2-3-13-4-8-15(9-5-13)16-10-6-14(12-17)7-11-16;1-11-2-6-13(7-3-11)14-8-4-12(10-15)5-9-14/h8-9,12-17,19,21H,2-7,10-11H2,1H3;10-11,14-15,17,19H,2-9,12-13H2,1H3;6-7,10-11,13,15H,2-5,8-9H2,1H3;4-5,8-9,11,13H,2-3,6-7H2,1H3. The predicted molar refractivity (Wildman–Crippen MR) is 327 cm³/mol. The van der Waals surface area contributed by atoms with Gasteiger partial charge in [0.05, 0.1) is 46.5 Å². The molecule has 0 heterocycles. The molecule has 78 heavy (non-hydrogen) atoms. The van der Waals surface area contributed by atoms with Crippen molar-refractivity contribution in [1.29, 1.82) is 21.0 Å². The summed E-state index contributed by atoms with van der Waals surface area (Å²) in [6.45, 7) is 9.20. The zero-order valence-corrected chi connectivity index (χ0v) is 48.8. The molecule has 0 amide bonds. The summed E-state index contributed by atoms with van der Waals surface area (Å²) in [7, 11) is 0. The zero-order chi connectivity index (χ0) is 55.2. The third-order valence-electron chi connectivity index (χ3n) is 18.4. The lowest BCUT2D eigenvalue weighted by molar-refractivity contribution is 0.302. The molecule has 0 saturated heterocycles. The van der Waals surface area contributed by atoms with Crippen LogP contribution in [-0.2, 0) is 0 Å². The Morgan fingerprint density at radius 2 is 0.551 bits per heavy atom. The van der Waals surface area contributed by atoms with Crippen molar-refractivity contribution in [3.8, 4) is 35.4 Å². The van der Waals surface area contributed by atoms with Crippen molar-refractivity contribution in [2.45, 2.75) is 231 Å². The summed E-state index contributed by atoms with van der Waals surface area (Å²) >= 11 is 0. The van der Waals surface area contributed by atoms with Crippen molar-refractivity contribution in [3.63, 3.8) is 0 Å². The largest absolute Gasteiger partial charge is 0.192 e. The maximum absolute atomic E-state index is 8.91. The van der Waals surface area contributed by atoms with Crippen LogP contribution in [-0.4, -0.2) is 0 Å². The molecular weight excluding hydrogens is 945 g/mol. The minimum absolute atomic E-state index is 0.719. The second-order valence-electron chi connectivity index (χ2n) is 24.1. The van der Waals surface area contributed by atoms with Crippen LogP contribution >= 0.6 is 0 Å². The first-order chi connectivity index (χ1) is 38.2. The summed E-state index contributed by atoms with van der Waals surface area (Å²) in [5.41, 5.74) is 11.2. The lowest BCUT2D eigenvalue weighted by Crippen LogP contribution is -2.13. The Morgan fingerprint density at radius 1 is 0.295 bits per heavy atom. The number of nitriles is 4. The molecule has 412 valence electrons. The molecule has 4 fully saturated rings. The van der Waals surface area contributed by atoms with Crippen molar-refractivity contribution in [1.82, 2.24) is 0 Å². The van der Waals surface area contributed by atoms with E-state index in [4.69, 9.17) is 21.0 Å². The van der Waals surface area contributed by atoms with Gasteiger partial charge in [0.25, 0.3) is 0 Å². The molecule has 4 aliphatic rings. The van der Waals surface area contributed by atoms with Gasteiger partial charge < -0.3 is 0 Å². The highest BCUT2D eigenvalue weighted by Gasteiger charge is 2.25. The van der Waals surface area contributed by atoms with Crippen LogP contribution in [0.5, 0.6) is 0 Å². The van der Waals surface area contributed by atoms with Gasteiger partial charge in [0, 0.05) is 0 Å². The average Bonchev–Trinajstić information content (AvgIpc) is 3.52. The van der Waals surface area contributed by atoms with E-state index in [0.717, 1.165) is 69.6 Å². The van der Waals surface area contributed by atoms with Gasteiger partial charge in [0.1, 0.15) is 0 Å². The second-order valence-corrected chi connectivity index (χ2v) is 24.1. The summed E-state index contributed by atoms with van der Waals surface area (Å²) in [4.78, 5) is 0. The Kier molecular flexibility index (Phi) is 27.4. The maximum atomic E-state index is 8.91. The lowest BCUT2D eigenvalue weighted by atomic mass is 9.77. The fraction of sp³-hybridized carbons (Fsp3) is 0.541. The molecule has 0 aromatic heterocycles. The van der Waals surface area contributed by atoms with Crippen molar-refractivity contribution < 1.29 is 0 Å². The molecule has 4 aliphatic carbocycles. The molecule has 5 aromatic rings. The molecule has 5 aromatic carbocycles. The van der Waals surface area contributed by atoms with E-state index in [1.54, 1.807) is 0 Å². The number of unbranched alkanes of at least 4 members (excludes halogenated alkanes) is 6. The van der Waals surface area contributed by atoms with E-state index in [1.807, 2.05) is 60.7 Å². The lowest BCUT2D eigenvalue weighted by Gasteiger charge is -2.29. The van der Waals surface area contributed by atoms with Gasteiger partial charge in [-0.2, -0.15) is 21.0 Å². The average molecular weight is 1040 g/mol. The van der Waals surface area contributed by atoms with Crippen LogP contribution in [0.25, 0.3) is 11.1 Å². The highest BCUT2D eigenvalue weighted by molar-refractivity contribution is 5.64. The van der Waals surface area contributed by atoms with E-state index in [2.05, 4.69) is 113 Å². The first-order valence-electron chi connectivity index (χ1n) is 31.4. The smallest absolute Gasteiger partial charge is 0.0991 e. The number of hydrogen-bond acceptors (Lipinski definition) is 4. The van der Waals surface area contributed by atoms with Gasteiger partial charge in [0.15, 0.2) is 0 Å². The number of nitrogens with zero attached hydrogens (tertiary/aromatic N) is 4. The van der Waals surface area contributed by atoms with E-state index in [9.17, 15) is 0 Å². The first kappa shape index (κ1) is 61.3. The third kappa shape index (κ3) is 20.7. The predicted octanol–water partition coefficient (Wildman–Crippen LogP) is 21.8. The molecule has 0 aliphatic heterocycles. The van der Waals surface area contributed by atoms with Gasteiger partial charge >= 0.3 is 0 Å². The van der Waals surface area contributed by atoms with Crippen LogP contribution in [0.1, 0.15) is 276 Å². The van der Waals surface area contributed by atoms with Gasteiger partial charge in [-0.25, -0.2) is 0 Å². The number of rotatable bonds is 17. The molecule has 0 bridgehead atoms. The van der Waals surface area contributed by atoms with E-state index in [-0.39, 0.29) is 0 Å². The van der Waals surface area contributed by atoms with Gasteiger partial charge in [0.2, 0.25) is 0 Å². The van der Waals surface area contributed by atoms with Crippen molar-refractivity contribution in [2.75, 3.05) is 0 Å². The fourth-order valence-corrected chi connectivity index (χ4v) is 13.2. The Morgan fingerprint density at radius 3 is 0.872 bits per heavy atom. The van der Waals surface area contributed by atoms with Crippen LogP contribution in [0.3, 0.4) is 0 Å². The van der Waals surface area contributed by atoms with Crippen LogP contribution in [0.15, 0.2) is 121 Å². The van der Waals surface area contributed by atoms with Crippen LogP contribution in [0.2, 0.25) is 0 Å². The molecule has 4 heteroatoms. The number of benzene rings is 5. The molecule has 0 N–H and O–H groups in total. The second kappa shape index (κ2) is 34.8. The zero-order valence-electron chi connectivity index (χ0n) is 48.8. The highest BCUT2D eigenvalue weighted by Crippen LogP contribution is 2.41. The summed E-state index contributed by atoms with van der Waals surface area (Å²) in [5, 5.41) is 35.3. The van der Waals surface area contributed by atoms with Gasteiger partial charge in [-0.1, -0.05) is 190 Å². The topological polar surface area (TPSA) is 95.2 Å². The minimum Gasteiger partial charge on any atom is -0.192 e. The Bertz CT molecular complexity index is 2570. The molecule has 4 saturated carbocycles. The van der Waals surface area contributed by atoms with E-state index < -0.39 is 0 Å². The van der Waals surface area contributed by atoms with Crippen LogP contribution in [0.4, 0.5) is 0 Å². The van der Waals surface area contributed by atoms with Gasteiger partial charge in [-0.3, -0.25) is 0 Å². The Hall–Kier alpha value is -5.94.